The Balaban J connectivity index is 1.66. The number of carbonyl (C=O) groups is 1. The van der Waals surface area contributed by atoms with Gasteiger partial charge in [0, 0.05) is 6.54 Å². The first-order valence-electron chi connectivity index (χ1n) is 9.67. The predicted octanol–water partition coefficient (Wildman–Crippen LogP) is 4.99. The number of thioether (sulfide) groups is 1. The molecule has 0 saturated carbocycles. The molecule has 0 aliphatic carbocycles. The van der Waals surface area contributed by atoms with Crippen LogP contribution in [-0.4, -0.2) is 27.9 Å². The van der Waals surface area contributed by atoms with Crippen molar-refractivity contribution in [3.63, 3.8) is 0 Å². The lowest BCUT2D eigenvalue weighted by molar-refractivity contribution is -0.120. The largest absolute Gasteiger partial charge is 0.360 e. The van der Waals surface area contributed by atoms with E-state index >= 15 is 0 Å². The molecule has 29 heavy (non-hydrogen) atoms. The number of nitrogens with zero attached hydrogens (tertiary/aromatic N) is 2. The fourth-order valence-electron chi connectivity index (χ4n) is 2.73. The summed E-state index contributed by atoms with van der Waals surface area (Å²) in [6, 6.07) is 19.9. The summed E-state index contributed by atoms with van der Waals surface area (Å²) in [5.74, 6) is 0.507. The van der Waals surface area contributed by atoms with Crippen LogP contribution in [0.1, 0.15) is 37.9 Å². The SMILES string of the molecule is CC(C)CNc1nnc(SC(C)C(=O)NC(c2ccccc2)c2ccccc2)s1. The van der Waals surface area contributed by atoms with Crippen molar-refractivity contribution in [2.45, 2.75) is 36.4 Å². The molecule has 0 saturated heterocycles. The van der Waals surface area contributed by atoms with E-state index in [1.807, 2.05) is 67.6 Å². The van der Waals surface area contributed by atoms with E-state index in [0.29, 0.717) is 5.92 Å². The van der Waals surface area contributed by atoms with Gasteiger partial charge in [-0.15, -0.1) is 10.2 Å². The zero-order chi connectivity index (χ0) is 20.6. The van der Waals surface area contributed by atoms with E-state index in [-0.39, 0.29) is 17.2 Å². The van der Waals surface area contributed by atoms with Crippen molar-refractivity contribution in [2.24, 2.45) is 5.92 Å². The Morgan fingerprint density at radius 3 is 2.10 bits per heavy atom. The molecule has 1 atom stereocenters. The first-order valence-corrected chi connectivity index (χ1v) is 11.4. The lowest BCUT2D eigenvalue weighted by Gasteiger charge is -2.21. The molecule has 3 rings (SSSR count). The molecule has 0 aliphatic heterocycles. The van der Waals surface area contributed by atoms with Gasteiger partial charge < -0.3 is 10.6 Å². The monoisotopic (exact) mass is 426 g/mol. The Bertz CT molecular complexity index is 860. The van der Waals surface area contributed by atoms with Gasteiger partial charge in [0.1, 0.15) is 0 Å². The molecule has 1 aromatic heterocycles. The van der Waals surface area contributed by atoms with Crippen LogP contribution >= 0.6 is 23.1 Å². The first-order chi connectivity index (χ1) is 14.0. The highest BCUT2D eigenvalue weighted by atomic mass is 32.2. The number of nitrogens with one attached hydrogen (secondary N) is 2. The van der Waals surface area contributed by atoms with E-state index in [9.17, 15) is 4.79 Å². The topological polar surface area (TPSA) is 66.9 Å². The standard InChI is InChI=1S/C22H26N4OS2/c1-15(2)14-23-21-25-26-22(29-21)28-16(3)20(27)24-19(17-10-6-4-7-11-17)18-12-8-5-9-13-18/h4-13,15-16,19H,14H2,1-3H3,(H,23,25)(H,24,27). The van der Waals surface area contributed by atoms with Crippen molar-refractivity contribution < 1.29 is 4.79 Å². The van der Waals surface area contributed by atoms with Crippen molar-refractivity contribution >= 4 is 34.1 Å². The molecule has 1 amide bonds. The summed E-state index contributed by atoms with van der Waals surface area (Å²) in [5.41, 5.74) is 2.11. The third kappa shape index (κ3) is 6.30. The Labute approximate surface area is 180 Å². The summed E-state index contributed by atoms with van der Waals surface area (Å²) < 4.78 is 0.787. The van der Waals surface area contributed by atoms with Gasteiger partial charge in [-0.2, -0.15) is 0 Å². The maximum Gasteiger partial charge on any atom is 0.234 e. The summed E-state index contributed by atoms with van der Waals surface area (Å²) in [7, 11) is 0. The summed E-state index contributed by atoms with van der Waals surface area (Å²) in [4.78, 5) is 12.9. The molecule has 5 nitrogen and oxygen atoms in total. The van der Waals surface area contributed by atoms with Gasteiger partial charge in [-0.05, 0) is 24.0 Å². The average molecular weight is 427 g/mol. The van der Waals surface area contributed by atoms with Gasteiger partial charge >= 0.3 is 0 Å². The van der Waals surface area contributed by atoms with E-state index in [1.54, 1.807) is 0 Å². The van der Waals surface area contributed by atoms with Crippen molar-refractivity contribution in [3.8, 4) is 0 Å². The second kappa shape index (κ2) is 10.4. The number of aromatic nitrogens is 2. The van der Waals surface area contributed by atoms with E-state index in [4.69, 9.17) is 0 Å². The Hall–Kier alpha value is -2.38. The molecule has 0 radical (unpaired) electrons. The van der Waals surface area contributed by atoms with Crippen LogP contribution in [0, 0.1) is 5.92 Å². The summed E-state index contributed by atoms with van der Waals surface area (Å²) in [6.07, 6.45) is 0. The van der Waals surface area contributed by atoms with Crippen LogP contribution in [0.25, 0.3) is 0 Å². The number of anilines is 1. The molecule has 1 heterocycles. The second-order valence-electron chi connectivity index (χ2n) is 7.17. The minimum Gasteiger partial charge on any atom is -0.360 e. The fraction of sp³-hybridized carbons (Fsp3) is 0.318. The van der Waals surface area contributed by atoms with Crippen LogP contribution < -0.4 is 10.6 Å². The highest BCUT2D eigenvalue weighted by Crippen LogP contribution is 2.30. The summed E-state index contributed by atoms with van der Waals surface area (Å²) >= 11 is 2.91. The van der Waals surface area contributed by atoms with Crippen LogP contribution in [0.3, 0.4) is 0 Å². The van der Waals surface area contributed by atoms with Crippen molar-refractivity contribution in [1.82, 2.24) is 15.5 Å². The third-order valence-corrected chi connectivity index (χ3v) is 6.33. The third-order valence-electron chi connectivity index (χ3n) is 4.27. The van der Waals surface area contributed by atoms with Gasteiger partial charge in [0.2, 0.25) is 11.0 Å². The van der Waals surface area contributed by atoms with Crippen molar-refractivity contribution in [3.05, 3.63) is 71.8 Å². The quantitative estimate of drug-likeness (QED) is 0.472. The highest BCUT2D eigenvalue weighted by Gasteiger charge is 2.22. The number of hydrogen-bond donors (Lipinski definition) is 2. The number of amides is 1. The molecular formula is C22H26N4OS2. The van der Waals surface area contributed by atoms with Gasteiger partial charge in [-0.25, -0.2) is 0 Å². The number of hydrogen-bond acceptors (Lipinski definition) is 6. The Kier molecular flexibility index (Phi) is 7.66. The molecule has 0 spiro atoms. The lowest BCUT2D eigenvalue weighted by Crippen LogP contribution is -2.34. The molecule has 3 aromatic rings. The molecule has 0 bridgehead atoms. The van der Waals surface area contributed by atoms with E-state index < -0.39 is 0 Å². The van der Waals surface area contributed by atoms with E-state index in [2.05, 4.69) is 34.7 Å². The van der Waals surface area contributed by atoms with Crippen LogP contribution in [-0.2, 0) is 4.79 Å². The Morgan fingerprint density at radius 1 is 0.966 bits per heavy atom. The van der Waals surface area contributed by atoms with Gasteiger partial charge in [0.25, 0.3) is 0 Å². The fourth-order valence-corrected chi connectivity index (χ4v) is 4.65. The average Bonchev–Trinajstić information content (AvgIpc) is 3.19. The Morgan fingerprint density at radius 2 is 1.55 bits per heavy atom. The molecule has 2 aromatic carbocycles. The van der Waals surface area contributed by atoms with Crippen molar-refractivity contribution in [1.29, 1.82) is 0 Å². The van der Waals surface area contributed by atoms with Crippen molar-refractivity contribution in [2.75, 3.05) is 11.9 Å². The summed E-state index contributed by atoms with van der Waals surface area (Å²) in [5, 5.41) is 15.3. The van der Waals surface area contributed by atoms with Crippen LogP contribution in [0.4, 0.5) is 5.13 Å². The van der Waals surface area contributed by atoms with E-state index in [0.717, 1.165) is 27.1 Å². The van der Waals surface area contributed by atoms with E-state index in [1.165, 1.54) is 23.1 Å². The maximum absolute atomic E-state index is 12.9. The number of carbonyl (C=O) groups excluding carboxylic acids is 1. The number of benzene rings is 2. The van der Waals surface area contributed by atoms with Crippen LogP contribution in [0.5, 0.6) is 0 Å². The molecular weight excluding hydrogens is 400 g/mol. The molecule has 152 valence electrons. The molecule has 0 fully saturated rings. The first kappa shape index (κ1) is 21.3. The van der Waals surface area contributed by atoms with Gasteiger partial charge in [0.05, 0.1) is 11.3 Å². The predicted molar refractivity (Wildman–Crippen MR) is 121 cm³/mol. The lowest BCUT2D eigenvalue weighted by atomic mass is 9.98. The van der Waals surface area contributed by atoms with Crippen LogP contribution in [0.2, 0.25) is 0 Å². The summed E-state index contributed by atoms with van der Waals surface area (Å²) in [6.45, 7) is 7.04. The normalized spacial score (nSPS) is 12.2. The molecule has 0 aliphatic rings. The van der Waals surface area contributed by atoms with Gasteiger partial charge in [0.15, 0.2) is 4.34 Å². The van der Waals surface area contributed by atoms with Crippen LogP contribution in [0.15, 0.2) is 65.0 Å². The smallest absolute Gasteiger partial charge is 0.234 e. The molecule has 7 heteroatoms. The second-order valence-corrected chi connectivity index (χ2v) is 9.74. The molecule has 1 unspecified atom stereocenters. The zero-order valence-corrected chi connectivity index (χ0v) is 18.5. The zero-order valence-electron chi connectivity index (χ0n) is 16.8. The van der Waals surface area contributed by atoms with Gasteiger partial charge in [-0.1, -0.05) is 97.6 Å². The number of rotatable bonds is 9. The minimum atomic E-state index is -0.282. The maximum atomic E-state index is 12.9. The minimum absolute atomic E-state index is 0.0282. The van der Waals surface area contributed by atoms with Gasteiger partial charge in [-0.3, -0.25) is 4.79 Å². The molecule has 2 N–H and O–H groups in total. The highest BCUT2D eigenvalue weighted by molar-refractivity contribution is 8.02.